The van der Waals surface area contributed by atoms with Crippen molar-refractivity contribution in [1.82, 2.24) is 4.98 Å². The lowest BCUT2D eigenvalue weighted by atomic mass is 10.1. The molecule has 2 amide bonds. The average Bonchev–Trinajstić information content (AvgIpc) is 3.05. The summed E-state index contributed by atoms with van der Waals surface area (Å²) in [6.07, 6.45) is -2.26. The summed E-state index contributed by atoms with van der Waals surface area (Å²) < 4.78 is 35.1. The summed E-state index contributed by atoms with van der Waals surface area (Å²) >= 11 is 0. The van der Waals surface area contributed by atoms with Gasteiger partial charge in [0.2, 0.25) is 0 Å². The van der Waals surface area contributed by atoms with Crippen LogP contribution in [0.2, 0.25) is 0 Å². The van der Waals surface area contributed by atoms with Crippen LogP contribution >= 0.6 is 0 Å². The SMILES string of the molecule is NC(=O)c1cc(CNc2ccccc2C(=O)Nc2ccc3c(c2)OC(F)(F)O3)ccn1. The van der Waals surface area contributed by atoms with Crippen LogP contribution in [-0.4, -0.2) is 23.1 Å². The van der Waals surface area contributed by atoms with Gasteiger partial charge in [-0.05, 0) is 42.0 Å². The minimum atomic E-state index is -3.73. The van der Waals surface area contributed by atoms with Gasteiger partial charge in [0.25, 0.3) is 11.8 Å². The molecular formula is C21H16F2N4O4. The molecule has 1 aliphatic rings. The molecular weight excluding hydrogens is 410 g/mol. The molecule has 10 heteroatoms. The lowest BCUT2D eigenvalue weighted by Gasteiger charge is -2.13. The fraction of sp³-hybridized carbons (Fsp3) is 0.0952. The molecule has 31 heavy (non-hydrogen) atoms. The smallest absolute Gasteiger partial charge is 0.395 e. The van der Waals surface area contributed by atoms with Crippen LogP contribution in [0.4, 0.5) is 20.2 Å². The van der Waals surface area contributed by atoms with Gasteiger partial charge in [0, 0.05) is 30.2 Å². The van der Waals surface area contributed by atoms with E-state index in [0.29, 0.717) is 17.8 Å². The highest BCUT2D eigenvalue weighted by molar-refractivity contribution is 6.08. The average molecular weight is 426 g/mol. The summed E-state index contributed by atoms with van der Waals surface area (Å²) in [4.78, 5) is 27.9. The molecule has 0 unspecified atom stereocenters. The number of primary amides is 1. The van der Waals surface area contributed by atoms with E-state index >= 15 is 0 Å². The number of nitrogens with zero attached hydrogens (tertiary/aromatic N) is 1. The highest BCUT2D eigenvalue weighted by atomic mass is 19.3. The van der Waals surface area contributed by atoms with Gasteiger partial charge in [0.15, 0.2) is 11.5 Å². The molecule has 0 spiro atoms. The van der Waals surface area contributed by atoms with E-state index in [2.05, 4.69) is 25.1 Å². The molecule has 0 bridgehead atoms. The van der Waals surface area contributed by atoms with Crippen molar-refractivity contribution >= 4 is 23.2 Å². The minimum absolute atomic E-state index is 0.113. The molecule has 0 fully saturated rings. The first-order chi connectivity index (χ1) is 14.8. The number of amides is 2. The first kappa shape index (κ1) is 20.1. The van der Waals surface area contributed by atoms with Crippen molar-refractivity contribution in [3.63, 3.8) is 0 Å². The van der Waals surface area contributed by atoms with Gasteiger partial charge in [0.1, 0.15) is 5.69 Å². The molecule has 0 aliphatic carbocycles. The van der Waals surface area contributed by atoms with Crippen LogP contribution in [0.15, 0.2) is 60.8 Å². The molecule has 2 heterocycles. The van der Waals surface area contributed by atoms with Crippen LogP contribution in [0.1, 0.15) is 26.4 Å². The zero-order valence-corrected chi connectivity index (χ0v) is 15.9. The first-order valence-corrected chi connectivity index (χ1v) is 9.10. The van der Waals surface area contributed by atoms with Crippen molar-refractivity contribution in [2.45, 2.75) is 12.8 Å². The maximum atomic E-state index is 13.2. The van der Waals surface area contributed by atoms with Gasteiger partial charge < -0.3 is 25.8 Å². The Morgan fingerprint density at radius 1 is 1.03 bits per heavy atom. The zero-order valence-electron chi connectivity index (χ0n) is 15.9. The number of carbonyl (C=O) groups is 2. The summed E-state index contributed by atoms with van der Waals surface area (Å²) in [5.74, 6) is -1.38. The number of fused-ring (bicyclic) bond motifs is 1. The van der Waals surface area contributed by atoms with Crippen molar-refractivity contribution in [2.75, 3.05) is 10.6 Å². The third-order valence-electron chi connectivity index (χ3n) is 4.39. The third kappa shape index (κ3) is 4.53. The van der Waals surface area contributed by atoms with Crippen molar-refractivity contribution < 1.29 is 27.8 Å². The number of anilines is 2. The Labute approximate surface area is 175 Å². The normalized spacial score (nSPS) is 13.5. The number of halogens is 2. The number of rotatable bonds is 6. The Morgan fingerprint density at radius 2 is 1.81 bits per heavy atom. The molecule has 3 aromatic rings. The molecule has 158 valence electrons. The predicted molar refractivity (Wildman–Crippen MR) is 107 cm³/mol. The molecule has 0 atom stereocenters. The second kappa shape index (κ2) is 7.90. The number of nitrogens with one attached hydrogen (secondary N) is 2. The van der Waals surface area contributed by atoms with E-state index in [1.165, 1.54) is 24.4 Å². The Balaban J connectivity index is 1.48. The molecule has 0 saturated heterocycles. The van der Waals surface area contributed by atoms with Gasteiger partial charge in [0.05, 0.1) is 5.56 Å². The van der Waals surface area contributed by atoms with Crippen LogP contribution in [0, 0.1) is 0 Å². The maximum absolute atomic E-state index is 13.2. The highest BCUT2D eigenvalue weighted by Crippen LogP contribution is 2.42. The second-order valence-corrected chi connectivity index (χ2v) is 6.60. The Morgan fingerprint density at radius 3 is 2.61 bits per heavy atom. The van der Waals surface area contributed by atoms with Crippen LogP contribution in [0.25, 0.3) is 0 Å². The van der Waals surface area contributed by atoms with Gasteiger partial charge in [-0.25, -0.2) is 0 Å². The Kier molecular flexibility index (Phi) is 5.12. The van der Waals surface area contributed by atoms with E-state index in [9.17, 15) is 18.4 Å². The quantitative estimate of drug-likeness (QED) is 0.557. The van der Waals surface area contributed by atoms with Gasteiger partial charge in [-0.3, -0.25) is 14.6 Å². The van der Waals surface area contributed by atoms with E-state index in [4.69, 9.17) is 5.73 Å². The molecule has 8 nitrogen and oxygen atoms in total. The number of nitrogens with two attached hydrogens (primary N) is 1. The van der Waals surface area contributed by atoms with E-state index < -0.39 is 18.1 Å². The topological polar surface area (TPSA) is 116 Å². The molecule has 1 aliphatic heterocycles. The van der Waals surface area contributed by atoms with E-state index in [0.717, 1.165) is 5.56 Å². The van der Waals surface area contributed by atoms with Gasteiger partial charge in [-0.15, -0.1) is 8.78 Å². The Hall–Kier alpha value is -4.21. The lowest BCUT2D eigenvalue weighted by molar-refractivity contribution is -0.286. The number of pyridine rings is 1. The van der Waals surface area contributed by atoms with E-state index in [-0.39, 0.29) is 22.9 Å². The standard InChI is InChI=1S/C21H16F2N4O4/c22-21(23)30-17-6-5-13(10-18(17)31-21)27-20(29)14-3-1-2-4-15(14)26-11-12-7-8-25-16(9-12)19(24)28/h1-10,26H,11H2,(H2,24,28)(H,27,29). The second-order valence-electron chi connectivity index (χ2n) is 6.60. The third-order valence-corrected chi connectivity index (χ3v) is 4.39. The van der Waals surface area contributed by atoms with Crippen molar-refractivity contribution in [3.05, 3.63) is 77.6 Å². The molecule has 4 N–H and O–H groups in total. The van der Waals surface area contributed by atoms with Crippen LogP contribution < -0.4 is 25.8 Å². The zero-order chi connectivity index (χ0) is 22.0. The number of hydrogen-bond donors (Lipinski definition) is 3. The number of hydrogen-bond acceptors (Lipinski definition) is 6. The first-order valence-electron chi connectivity index (χ1n) is 9.10. The number of aromatic nitrogens is 1. The highest BCUT2D eigenvalue weighted by Gasteiger charge is 2.43. The summed E-state index contributed by atoms with van der Waals surface area (Å²) in [5, 5.41) is 5.78. The number of ether oxygens (including phenoxy) is 2. The van der Waals surface area contributed by atoms with Crippen molar-refractivity contribution in [3.8, 4) is 11.5 Å². The summed E-state index contributed by atoms with van der Waals surface area (Å²) in [7, 11) is 0. The van der Waals surface area contributed by atoms with Crippen molar-refractivity contribution in [2.24, 2.45) is 5.73 Å². The summed E-state index contributed by atoms with van der Waals surface area (Å²) in [6.45, 7) is 0.312. The molecule has 2 aromatic carbocycles. The van der Waals surface area contributed by atoms with Crippen molar-refractivity contribution in [1.29, 1.82) is 0 Å². The number of para-hydroxylation sites is 1. The summed E-state index contributed by atoms with van der Waals surface area (Å²) in [5.41, 5.74) is 7.25. The van der Waals surface area contributed by atoms with Gasteiger partial charge in [-0.1, -0.05) is 12.1 Å². The van der Waals surface area contributed by atoms with Gasteiger partial charge >= 0.3 is 6.29 Å². The largest absolute Gasteiger partial charge is 0.586 e. The molecule has 0 radical (unpaired) electrons. The monoisotopic (exact) mass is 426 g/mol. The van der Waals surface area contributed by atoms with E-state index in [1.807, 2.05) is 0 Å². The maximum Gasteiger partial charge on any atom is 0.586 e. The Bertz CT molecular complexity index is 1170. The van der Waals surface area contributed by atoms with Crippen LogP contribution in [-0.2, 0) is 6.54 Å². The summed E-state index contributed by atoms with van der Waals surface area (Å²) in [6, 6.07) is 14.0. The van der Waals surface area contributed by atoms with Crippen LogP contribution in [0.3, 0.4) is 0 Å². The van der Waals surface area contributed by atoms with E-state index in [1.54, 1.807) is 36.4 Å². The van der Waals surface area contributed by atoms with Gasteiger partial charge in [-0.2, -0.15) is 0 Å². The minimum Gasteiger partial charge on any atom is -0.395 e. The van der Waals surface area contributed by atoms with Crippen LogP contribution in [0.5, 0.6) is 11.5 Å². The number of benzene rings is 2. The fourth-order valence-corrected chi connectivity index (χ4v) is 2.98. The predicted octanol–water partition coefficient (Wildman–Crippen LogP) is 3.37. The molecule has 4 rings (SSSR count). The fourth-order valence-electron chi connectivity index (χ4n) is 2.98. The number of carbonyl (C=O) groups excluding carboxylic acids is 2. The molecule has 0 saturated carbocycles. The number of alkyl halides is 2. The molecule has 1 aromatic heterocycles. The lowest BCUT2D eigenvalue weighted by Crippen LogP contribution is -2.25.